The molecular weight excluding hydrogens is 156 g/mol. The molecule has 0 spiro atoms. The van der Waals surface area contributed by atoms with Gasteiger partial charge in [0.2, 0.25) is 5.88 Å². The van der Waals surface area contributed by atoms with Crippen LogP contribution in [0.3, 0.4) is 0 Å². The van der Waals surface area contributed by atoms with E-state index in [1.807, 2.05) is 19.1 Å². The van der Waals surface area contributed by atoms with Crippen LogP contribution in [0.25, 0.3) is 11.5 Å². The summed E-state index contributed by atoms with van der Waals surface area (Å²) >= 11 is 0. The number of nitrogens with two attached hydrogens (primary N) is 1. The number of aromatic nitrogens is 1. The van der Waals surface area contributed by atoms with Gasteiger partial charge in [0.05, 0.1) is 0 Å². The van der Waals surface area contributed by atoms with Crippen molar-refractivity contribution in [1.82, 2.24) is 5.16 Å². The number of furan rings is 1. The van der Waals surface area contributed by atoms with E-state index in [1.54, 1.807) is 6.07 Å². The summed E-state index contributed by atoms with van der Waals surface area (Å²) in [5.41, 5.74) is 5.98. The Balaban J connectivity index is 2.43. The molecule has 0 atom stereocenters. The molecule has 0 saturated carbocycles. The van der Waals surface area contributed by atoms with Crippen LogP contribution in [0.4, 0.5) is 5.88 Å². The fraction of sp³-hybridized carbons (Fsp3) is 0.125. The maximum atomic E-state index is 5.35. The van der Waals surface area contributed by atoms with Gasteiger partial charge in [-0.2, -0.15) is 0 Å². The van der Waals surface area contributed by atoms with Crippen molar-refractivity contribution >= 4 is 5.88 Å². The molecule has 0 amide bonds. The maximum Gasteiger partial charge on any atom is 0.222 e. The molecule has 0 radical (unpaired) electrons. The van der Waals surface area contributed by atoms with Crippen molar-refractivity contribution < 1.29 is 8.94 Å². The molecule has 2 heterocycles. The van der Waals surface area contributed by atoms with Gasteiger partial charge in [-0.05, 0) is 19.1 Å². The highest BCUT2D eigenvalue weighted by Gasteiger charge is 2.06. The van der Waals surface area contributed by atoms with Crippen LogP contribution >= 0.6 is 0 Å². The minimum absolute atomic E-state index is 0.291. The quantitative estimate of drug-likeness (QED) is 0.698. The first-order valence-corrected chi connectivity index (χ1v) is 3.55. The summed E-state index contributed by atoms with van der Waals surface area (Å²) in [6.45, 7) is 1.87. The highest BCUT2D eigenvalue weighted by molar-refractivity contribution is 5.54. The predicted molar refractivity (Wildman–Crippen MR) is 43.4 cm³/mol. The normalized spacial score (nSPS) is 10.4. The number of rotatable bonds is 1. The topological polar surface area (TPSA) is 65.2 Å². The Morgan fingerprint density at radius 1 is 1.42 bits per heavy atom. The molecule has 2 aromatic heterocycles. The first-order chi connectivity index (χ1) is 5.75. The Hall–Kier alpha value is -1.71. The summed E-state index contributed by atoms with van der Waals surface area (Å²) in [7, 11) is 0. The SMILES string of the molecule is Cc1ccc(-c2cc(N)on2)o1. The van der Waals surface area contributed by atoms with Crippen molar-refractivity contribution in [3.8, 4) is 11.5 Å². The van der Waals surface area contributed by atoms with E-state index in [-0.39, 0.29) is 0 Å². The van der Waals surface area contributed by atoms with E-state index in [2.05, 4.69) is 5.16 Å². The number of hydrogen-bond acceptors (Lipinski definition) is 4. The largest absolute Gasteiger partial charge is 0.460 e. The summed E-state index contributed by atoms with van der Waals surface area (Å²) in [6, 6.07) is 5.31. The predicted octanol–water partition coefficient (Wildman–Crippen LogP) is 1.83. The van der Waals surface area contributed by atoms with Crippen molar-refractivity contribution in [2.45, 2.75) is 6.92 Å². The summed E-state index contributed by atoms with van der Waals surface area (Å²) < 4.78 is 10.0. The van der Waals surface area contributed by atoms with E-state index in [9.17, 15) is 0 Å². The molecule has 2 rings (SSSR count). The van der Waals surface area contributed by atoms with Crippen LogP contribution in [-0.4, -0.2) is 5.16 Å². The molecule has 0 saturated heterocycles. The van der Waals surface area contributed by atoms with Gasteiger partial charge in [-0.15, -0.1) is 0 Å². The van der Waals surface area contributed by atoms with Crippen LogP contribution in [-0.2, 0) is 0 Å². The number of hydrogen-bond donors (Lipinski definition) is 1. The Morgan fingerprint density at radius 2 is 2.25 bits per heavy atom. The van der Waals surface area contributed by atoms with Crippen LogP contribution in [0.2, 0.25) is 0 Å². The number of nitrogens with zero attached hydrogens (tertiary/aromatic N) is 1. The Morgan fingerprint density at radius 3 is 2.75 bits per heavy atom. The third-order valence-electron chi connectivity index (χ3n) is 1.52. The van der Waals surface area contributed by atoms with Crippen LogP contribution in [0.1, 0.15) is 5.76 Å². The third-order valence-corrected chi connectivity index (χ3v) is 1.52. The lowest BCUT2D eigenvalue weighted by molar-refractivity contribution is 0.435. The molecule has 2 aromatic rings. The molecule has 2 N–H and O–H groups in total. The molecule has 0 aliphatic rings. The highest BCUT2D eigenvalue weighted by atomic mass is 16.5. The van der Waals surface area contributed by atoms with E-state index < -0.39 is 0 Å². The first kappa shape index (κ1) is 6.97. The van der Waals surface area contributed by atoms with Gasteiger partial charge in [0.15, 0.2) is 11.5 Å². The van der Waals surface area contributed by atoms with Gasteiger partial charge in [0.25, 0.3) is 0 Å². The molecule has 0 fully saturated rings. The molecule has 0 unspecified atom stereocenters. The lowest BCUT2D eigenvalue weighted by Crippen LogP contribution is -1.75. The van der Waals surface area contributed by atoms with Gasteiger partial charge in [-0.25, -0.2) is 0 Å². The lowest BCUT2D eigenvalue weighted by Gasteiger charge is -1.84. The second-order valence-electron chi connectivity index (χ2n) is 2.52. The molecule has 0 bridgehead atoms. The molecular formula is C8H8N2O2. The van der Waals surface area contributed by atoms with Crippen molar-refractivity contribution in [2.24, 2.45) is 0 Å². The van der Waals surface area contributed by atoms with Gasteiger partial charge < -0.3 is 14.7 Å². The summed E-state index contributed by atoms with van der Waals surface area (Å²) in [6.07, 6.45) is 0. The average Bonchev–Trinajstić information content (AvgIpc) is 2.58. The second-order valence-corrected chi connectivity index (χ2v) is 2.52. The van der Waals surface area contributed by atoms with Crippen LogP contribution in [0.15, 0.2) is 27.1 Å². The van der Waals surface area contributed by atoms with Crippen molar-refractivity contribution in [3.05, 3.63) is 24.0 Å². The van der Waals surface area contributed by atoms with Crippen molar-refractivity contribution in [3.63, 3.8) is 0 Å². The van der Waals surface area contributed by atoms with Crippen molar-refractivity contribution in [2.75, 3.05) is 5.73 Å². The van der Waals surface area contributed by atoms with Crippen molar-refractivity contribution in [1.29, 1.82) is 0 Å². The Labute approximate surface area is 69.0 Å². The van der Waals surface area contributed by atoms with Gasteiger partial charge >= 0.3 is 0 Å². The standard InChI is InChI=1S/C8H8N2O2/c1-5-2-3-7(11-5)6-4-8(9)12-10-6/h2-4H,9H2,1H3. The molecule has 4 heteroatoms. The van der Waals surface area contributed by atoms with Gasteiger partial charge in [0, 0.05) is 6.07 Å². The van der Waals surface area contributed by atoms with E-state index in [0.717, 1.165) is 5.76 Å². The summed E-state index contributed by atoms with van der Waals surface area (Å²) in [5.74, 6) is 1.80. The zero-order chi connectivity index (χ0) is 8.55. The first-order valence-electron chi connectivity index (χ1n) is 3.55. The van der Waals surface area contributed by atoms with Gasteiger partial charge in [0.1, 0.15) is 5.76 Å². The van der Waals surface area contributed by atoms with E-state index in [1.165, 1.54) is 0 Å². The lowest BCUT2D eigenvalue weighted by atomic mass is 10.3. The molecule has 0 aromatic carbocycles. The average molecular weight is 164 g/mol. The summed E-state index contributed by atoms with van der Waals surface area (Å²) in [4.78, 5) is 0. The van der Waals surface area contributed by atoms with Gasteiger partial charge in [-0.3, -0.25) is 0 Å². The molecule has 62 valence electrons. The molecule has 0 aliphatic heterocycles. The fourth-order valence-corrected chi connectivity index (χ4v) is 0.978. The highest BCUT2D eigenvalue weighted by Crippen LogP contribution is 2.21. The Bertz CT molecular complexity index is 351. The number of nitrogen functional groups attached to an aromatic ring is 1. The van der Waals surface area contributed by atoms with Crippen LogP contribution in [0.5, 0.6) is 0 Å². The zero-order valence-corrected chi connectivity index (χ0v) is 6.57. The number of aryl methyl sites for hydroxylation is 1. The number of anilines is 1. The summed E-state index contributed by atoms with van der Waals surface area (Å²) in [5, 5.41) is 3.71. The third kappa shape index (κ3) is 1.07. The molecule has 4 nitrogen and oxygen atoms in total. The Kier molecular flexibility index (Phi) is 1.40. The second kappa shape index (κ2) is 2.41. The van der Waals surface area contributed by atoms with Crippen LogP contribution in [0, 0.1) is 6.92 Å². The van der Waals surface area contributed by atoms with Crippen LogP contribution < -0.4 is 5.73 Å². The van der Waals surface area contributed by atoms with E-state index >= 15 is 0 Å². The fourth-order valence-electron chi connectivity index (χ4n) is 0.978. The molecule has 12 heavy (non-hydrogen) atoms. The minimum Gasteiger partial charge on any atom is -0.460 e. The van der Waals surface area contributed by atoms with E-state index in [0.29, 0.717) is 17.3 Å². The smallest absolute Gasteiger partial charge is 0.222 e. The molecule has 0 aliphatic carbocycles. The maximum absolute atomic E-state index is 5.35. The zero-order valence-electron chi connectivity index (χ0n) is 6.57. The van der Waals surface area contributed by atoms with Gasteiger partial charge in [-0.1, -0.05) is 5.16 Å². The minimum atomic E-state index is 0.291. The van der Waals surface area contributed by atoms with E-state index in [4.69, 9.17) is 14.7 Å². The monoisotopic (exact) mass is 164 g/mol.